The Morgan fingerprint density at radius 3 is 2.38 bits per heavy atom. The van der Waals surface area contributed by atoms with E-state index < -0.39 is 11.7 Å². The fourth-order valence-electron chi connectivity index (χ4n) is 0.797. The third-order valence-corrected chi connectivity index (χ3v) is 2.72. The molecule has 5 heteroatoms. The van der Waals surface area contributed by atoms with Gasteiger partial charge in [0, 0.05) is 5.38 Å². The molecule has 0 atom stereocenters. The van der Waals surface area contributed by atoms with E-state index in [1.807, 2.05) is 46.1 Å². The summed E-state index contributed by atoms with van der Waals surface area (Å²) in [5.74, 6) is 0. The van der Waals surface area contributed by atoms with Crippen molar-refractivity contribution in [2.24, 2.45) is 0 Å². The second-order valence-corrected chi connectivity index (χ2v) is 6.06. The highest BCUT2D eigenvalue weighted by molar-refractivity contribution is 9.11. The van der Waals surface area contributed by atoms with Gasteiger partial charge in [-0.25, -0.2) is 4.79 Å². The molecule has 1 heterocycles. The fourth-order valence-corrected chi connectivity index (χ4v) is 1.89. The zero-order valence-electron chi connectivity index (χ0n) is 10.3. The van der Waals surface area contributed by atoms with Crippen LogP contribution in [0.5, 0.6) is 0 Å². The topological polar surface area (TPSA) is 38.3 Å². The molecule has 1 aromatic rings. The lowest BCUT2D eigenvalue weighted by Crippen LogP contribution is -2.27. The lowest BCUT2D eigenvalue weighted by Gasteiger charge is -2.19. The van der Waals surface area contributed by atoms with Gasteiger partial charge in [-0.05, 0) is 42.8 Å². The van der Waals surface area contributed by atoms with Crippen LogP contribution in [-0.4, -0.2) is 11.7 Å². The number of halogens is 1. The van der Waals surface area contributed by atoms with Crippen molar-refractivity contribution >= 4 is 39.0 Å². The first-order valence-electron chi connectivity index (χ1n) is 5.11. The van der Waals surface area contributed by atoms with Gasteiger partial charge in [0.15, 0.2) is 0 Å². The maximum absolute atomic E-state index is 11.3. The van der Waals surface area contributed by atoms with Crippen LogP contribution in [-0.2, 0) is 4.74 Å². The normalized spacial score (nSPS) is 10.1. The van der Waals surface area contributed by atoms with E-state index in [0.717, 1.165) is 9.47 Å². The third-order valence-electron chi connectivity index (χ3n) is 1.21. The molecule has 0 aliphatic rings. The van der Waals surface area contributed by atoms with Crippen LogP contribution in [0.3, 0.4) is 0 Å². The molecule has 0 spiro atoms. The van der Waals surface area contributed by atoms with Crippen molar-refractivity contribution in [3.8, 4) is 0 Å². The number of amides is 1. The van der Waals surface area contributed by atoms with Crippen LogP contribution in [0.2, 0.25) is 0 Å². The Balaban J connectivity index is 0.00000106. The van der Waals surface area contributed by atoms with Crippen LogP contribution in [0.15, 0.2) is 15.2 Å². The molecule has 1 rings (SSSR count). The minimum Gasteiger partial charge on any atom is -0.444 e. The molecule has 1 N–H and O–H groups in total. The van der Waals surface area contributed by atoms with Gasteiger partial charge in [0.25, 0.3) is 0 Å². The van der Waals surface area contributed by atoms with Gasteiger partial charge in [0.1, 0.15) is 5.60 Å². The number of ether oxygens (including phenoxy) is 1. The van der Waals surface area contributed by atoms with Gasteiger partial charge in [-0.2, -0.15) is 0 Å². The Morgan fingerprint density at radius 2 is 2.00 bits per heavy atom. The summed E-state index contributed by atoms with van der Waals surface area (Å²) in [6, 6.07) is 1.83. The first kappa shape index (κ1) is 15.4. The molecule has 3 nitrogen and oxygen atoms in total. The maximum atomic E-state index is 11.3. The zero-order valence-corrected chi connectivity index (χ0v) is 12.7. The van der Waals surface area contributed by atoms with Crippen molar-refractivity contribution in [1.29, 1.82) is 0 Å². The van der Waals surface area contributed by atoms with Gasteiger partial charge >= 0.3 is 6.09 Å². The molecule has 0 aliphatic carbocycles. The smallest absolute Gasteiger partial charge is 0.412 e. The van der Waals surface area contributed by atoms with Crippen LogP contribution >= 0.6 is 27.3 Å². The number of thiophene rings is 1. The number of hydrogen-bond acceptors (Lipinski definition) is 3. The average molecular weight is 308 g/mol. The number of nitrogens with one attached hydrogen (secondary N) is 1. The SMILES string of the molecule is CC.CC(C)(C)OC(=O)Nc1csc(Br)c1. The molecule has 1 amide bonds. The van der Waals surface area contributed by atoms with Crippen molar-refractivity contribution in [1.82, 2.24) is 0 Å². The van der Waals surface area contributed by atoms with E-state index in [0.29, 0.717) is 0 Å². The quantitative estimate of drug-likeness (QED) is 0.802. The Labute approximate surface area is 109 Å². The molecule has 0 aliphatic heterocycles. The van der Waals surface area contributed by atoms with Crippen LogP contribution < -0.4 is 5.32 Å². The second kappa shape index (κ2) is 6.91. The van der Waals surface area contributed by atoms with Crippen LogP contribution in [0.1, 0.15) is 34.6 Å². The Morgan fingerprint density at radius 1 is 1.44 bits per heavy atom. The minimum absolute atomic E-state index is 0.428. The predicted octanol–water partition coefficient (Wildman–Crippen LogP) is 4.88. The van der Waals surface area contributed by atoms with Crippen LogP contribution in [0.4, 0.5) is 10.5 Å². The van der Waals surface area contributed by atoms with Crippen molar-refractivity contribution < 1.29 is 9.53 Å². The van der Waals surface area contributed by atoms with Gasteiger partial charge in [0.2, 0.25) is 0 Å². The molecular weight excluding hydrogens is 290 g/mol. The highest BCUT2D eigenvalue weighted by Gasteiger charge is 2.16. The molecule has 1 aromatic heterocycles. The molecule has 0 bridgehead atoms. The molecule has 16 heavy (non-hydrogen) atoms. The first-order chi connectivity index (χ1) is 7.37. The molecule has 0 saturated carbocycles. The van der Waals surface area contributed by atoms with E-state index in [1.165, 1.54) is 11.3 Å². The summed E-state index contributed by atoms with van der Waals surface area (Å²) in [6.07, 6.45) is -0.428. The lowest BCUT2D eigenvalue weighted by molar-refractivity contribution is 0.0636. The lowest BCUT2D eigenvalue weighted by atomic mass is 10.2. The van der Waals surface area contributed by atoms with Gasteiger partial charge in [-0.1, -0.05) is 13.8 Å². The van der Waals surface area contributed by atoms with Gasteiger partial charge in [-0.3, -0.25) is 5.32 Å². The van der Waals surface area contributed by atoms with Crippen LogP contribution in [0, 0.1) is 0 Å². The van der Waals surface area contributed by atoms with Crippen LogP contribution in [0.25, 0.3) is 0 Å². The predicted molar refractivity (Wildman–Crippen MR) is 73.2 cm³/mol. The highest BCUT2D eigenvalue weighted by atomic mass is 79.9. The standard InChI is InChI=1S/C9H12BrNO2S.C2H6/c1-9(2,3)13-8(12)11-6-4-7(10)14-5-6;1-2/h4-5H,1-3H3,(H,11,12);1-2H3. The largest absolute Gasteiger partial charge is 0.444 e. The molecular formula is C11H18BrNO2S. The summed E-state index contributed by atoms with van der Waals surface area (Å²) >= 11 is 4.82. The summed E-state index contributed by atoms with van der Waals surface area (Å²) in [5, 5.41) is 4.48. The van der Waals surface area contributed by atoms with Crippen molar-refractivity contribution in [3.63, 3.8) is 0 Å². The van der Waals surface area contributed by atoms with Crippen molar-refractivity contribution in [2.75, 3.05) is 5.32 Å². The average Bonchev–Trinajstić information content (AvgIpc) is 2.51. The Bertz CT molecular complexity index is 331. The number of hydrogen-bond donors (Lipinski definition) is 1. The van der Waals surface area contributed by atoms with E-state index in [9.17, 15) is 4.79 Å². The van der Waals surface area contributed by atoms with E-state index in [2.05, 4.69) is 21.2 Å². The minimum atomic E-state index is -0.461. The molecule has 0 aromatic carbocycles. The summed E-state index contributed by atoms with van der Waals surface area (Å²) < 4.78 is 6.07. The van der Waals surface area contributed by atoms with Gasteiger partial charge < -0.3 is 4.74 Å². The van der Waals surface area contributed by atoms with Gasteiger partial charge in [-0.15, -0.1) is 11.3 Å². The number of anilines is 1. The Kier molecular flexibility index (Phi) is 6.67. The van der Waals surface area contributed by atoms with E-state index >= 15 is 0 Å². The number of carbonyl (C=O) groups excluding carboxylic acids is 1. The van der Waals surface area contributed by atoms with E-state index in [-0.39, 0.29) is 0 Å². The molecule has 0 saturated heterocycles. The summed E-state index contributed by atoms with van der Waals surface area (Å²) in [5.41, 5.74) is 0.285. The zero-order chi connectivity index (χ0) is 12.8. The summed E-state index contributed by atoms with van der Waals surface area (Å²) in [7, 11) is 0. The first-order valence-corrected chi connectivity index (χ1v) is 6.78. The number of rotatable bonds is 1. The van der Waals surface area contributed by atoms with Gasteiger partial charge in [0.05, 0.1) is 9.47 Å². The second-order valence-electron chi connectivity index (χ2n) is 3.77. The number of carbonyl (C=O) groups is 1. The molecule has 0 radical (unpaired) electrons. The third kappa shape index (κ3) is 6.85. The maximum Gasteiger partial charge on any atom is 0.412 e. The van der Waals surface area contributed by atoms with E-state index in [1.54, 1.807) is 0 Å². The Hall–Kier alpha value is -0.550. The summed E-state index contributed by atoms with van der Waals surface area (Å²) in [4.78, 5) is 11.3. The summed E-state index contributed by atoms with van der Waals surface area (Å²) in [6.45, 7) is 9.49. The molecule has 0 fully saturated rings. The highest BCUT2D eigenvalue weighted by Crippen LogP contribution is 2.24. The molecule has 0 unspecified atom stereocenters. The fraction of sp³-hybridized carbons (Fsp3) is 0.545. The van der Waals surface area contributed by atoms with Crippen molar-refractivity contribution in [3.05, 3.63) is 15.2 Å². The molecule has 92 valence electrons. The van der Waals surface area contributed by atoms with E-state index in [4.69, 9.17) is 4.74 Å². The monoisotopic (exact) mass is 307 g/mol. The van der Waals surface area contributed by atoms with Crippen molar-refractivity contribution in [2.45, 2.75) is 40.2 Å².